The molecule has 0 radical (unpaired) electrons. The van der Waals surface area contributed by atoms with E-state index in [1.807, 2.05) is 13.8 Å². The Morgan fingerprint density at radius 2 is 1.68 bits per heavy atom. The van der Waals surface area contributed by atoms with Crippen molar-refractivity contribution in [3.63, 3.8) is 0 Å². The molecule has 0 aromatic rings. The minimum atomic E-state index is -0.494. The second kappa shape index (κ2) is 5.01. The van der Waals surface area contributed by atoms with Crippen LogP contribution < -0.4 is 0 Å². The number of hydrogen-bond acceptors (Lipinski definition) is 3. The topological polar surface area (TPSA) is 38.7 Å². The van der Waals surface area contributed by atoms with Crippen LogP contribution in [0.2, 0.25) is 0 Å². The molecule has 5 atom stereocenters. The van der Waals surface area contributed by atoms with Gasteiger partial charge in [-0.15, -0.1) is 0 Å². The van der Waals surface area contributed by atoms with Crippen molar-refractivity contribution in [3.8, 4) is 0 Å². The van der Waals surface area contributed by atoms with Crippen LogP contribution in [0.4, 0.5) is 0 Å². The Kier molecular flexibility index (Phi) is 4.03. The van der Waals surface area contributed by atoms with Crippen LogP contribution in [-0.4, -0.2) is 29.7 Å². The third kappa shape index (κ3) is 3.14. The lowest BCUT2D eigenvalue weighted by Gasteiger charge is -2.31. The van der Waals surface area contributed by atoms with Crippen LogP contribution in [0.5, 0.6) is 0 Å². The molecule has 3 heteroatoms. The molecule has 1 saturated heterocycles. The van der Waals surface area contributed by atoms with Gasteiger partial charge in [0.2, 0.25) is 0 Å². The van der Waals surface area contributed by atoms with Gasteiger partial charge in [0.25, 0.3) is 0 Å². The second-order valence-corrected chi connectivity index (χ2v) is 8.01. The fourth-order valence-electron chi connectivity index (χ4n) is 3.42. The average Bonchev–Trinajstić information content (AvgIpc) is 2.72. The Morgan fingerprint density at radius 1 is 1.16 bits per heavy atom. The standard InChI is InChI=1S/C16H30O3/c1-10(15(2,3)4)7-11-8-12(9-17)14-13(11)18-16(5,6)19-14/h10-14,17H,7-9H2,1-6H3/t10-,11-,12+,13-,14+/m0/s1. The van der Waals surface area contributed by atoms with Gasteiger partial charge in [0.05, 0.1) is 12.2 Å². The van der Waals surface area contributed by atoms with E-state index in [-0.39, 0.29) is 24.7 Å². The smallest absolute Gasteiger partial charge is 0.163 e. The summed E-state index contributed by atoms with van der Waals surface area (Å²) in [5.41, 5.74) is 0.321. The Hall–Kier alpha value is -0.120. The van der Waals surface area contributed by atoms with E-state index < -0.39 is 5.79 Å². The maximum atomic E-state index is 9.56. The molecule has 2 aliphatic rings. The highest BCUT2D eigenvalue weighted by Gasteiger charge is 2.53. The molecule has 1 aliphatic heterocycles. The molecule has 0 aromatic heterocycles. The molecule has 2 fully saturated rings. The largest absolute Gasteiger partial charge is 0.396 e. The third-order valence-corrected chi connectivity index (χ3v) is 5.07. The van der Waals surface area contributed by atoms with Crippen molar-refractivity contribution < 1.29 is 14.6 Å². The number of fused-ring (bicyclic) bond motifs is 1. The van der Waals surface area contributed by atoms with Crippen molar-refractivity contribution in [1.82, 2.24) is 0 Å². The first-order valence-electron chi connectivity index (χ1n) is 7.60. The number of aliphatic hydroxyl groups excluding tert-OH is 1. The number of rotatable bonds is 3. The van der Waals surface area contributed by atoms with Gasteiger partial charge < -0.3 is 14.6 Å². The lowest BCUT2D eigenvalue weighted by molar-refractivity contribution is -0.163. The fourth-order valence-corrected chi connectivity index (χ4v) is 3.42. The van der Waals surface area contributed by atoms with Crippen molar-refractivity contribution >= 4 is 0 Å². The molecule has 1 saturated carbocycles. The Morgan fingerprint density at radius 3 is 2.16 bits per heavy atom. The molecule has 0 amide bonds. The lowest BCUT2D eigenvalue weighted by atomic mass is 9.76. The summed E-state index contributed by atoms with van der Waals surface area (Å²) in [6.07, 6.45) is 2.43. The quantitative estimate of drug-likeness (QED) is 0.856. The van der Waals surface area contributed by atoms with Gasteiger partial charge in [-0.05, 0) is 43.9 Å². The van der Waals surface area contributed by atoms with Crippen molar-refractivity contribution in [2.45, 2.75) is 72.4 Å². The summed E-state index contributed by atoms with van der Waals surface area (Å²) in [7, 11) is 0. The van der Waals surface area contributed by atoms with Crippen LogP contribution in [0.25, 0.3) is 0 Å². The van der Waals surface area contributed by atoms with Crippen LogP contribution in [-0.2, 0) is 9.47 Å². The van der Waals surface area contributed by atoms with Gasteiger partial charge in [-0.1, -0.05) is 27.7 Å². The molecular formula is C16H30O3. The monoisotopic (exact) mass is 270 g/mol. The highest BCUT2D eigenvalue weighted by Crippen LogP contribution is 2.48. The van der Waals surface area contributed by atoms with E-state index in [9.17, 15) is 5.11 Å². The van der Waals surface area contributed by atoms with Crippen molar-refractivity contribution in [2.75, 3.05) is 6.61 Å². The van der Waals surface area contributed by atoms with Gasteiger partial charge in [-0.2, -0.15) is 0 Å². The van der Waals surface area contributed by atoms with E-state index in [1.54, 1.807) is 0 Å². The minimum Gasteiger partial charge on any atom is -0.396 e. The predicted molar refractivity (Wildman–Crippen MR) is 75.7 cm³/mol. The van der Waals surface area contributed by atoms with E-state index in [0.717, 1.165) is 12.8 Å². The van der Waals surface area contributed by atoms with Gasteiger partial charge in [0.15, 0.2) is 5.79 Å². The molecule has 19 heavy (non-hydrogen) atoms. The summed E-state index contributed by atoms with van der Waals surface area (Å²) < 4.78 is 12.1. The SMILES string of the molecule is C[C@@H](C[C@H]1C[C@H](CO)[C@H]2OC(C)(C)O[C@@H]12)C(C)(C)C. The normalized spacial score (nSPS) is 39.3. The molecule has 0 aromatic carbocycles. The Bertz CT molecular complexity index is 318. The van der Waals surface area contributed by atoms with E-state index in [2.05, 4.69) is 27.7 Å². The van der Waals surface area contributed by atoms with Crippen molar-refractivity contribution in [2.24, 2.45) is 23.2 Å². The van der Waals surface area contributed by atoms with Gasteiger partial charge in [0.1, 0.15) is 0 Å². The van der Waals surface area contributed by atoms with E-state index in [4.69, 9.17) is 9.47 Å². The van der Waals surface area contributed by atoms with Gasteiger partial charge in [-0.3, -0.25) is 0 Å². The molecule has 1 heterocycles. The molecule has 1 N–H and O–H groups in total. The minimum absolute atomic E-state index is 0.0807. The van der Waals surface area contributed by atoms with E-state index >= 15 is 0 Å². The maximum absolute atomic E-state index is 9.56. The highest BCUT2D eigenvalue weighted by molar-refractivity contribution is 4.98. The van der Waals surface area contributed by atoms with Crippen LogP contribution in [0.3, 0.4) is 0 Å². The zero-order valence-corrected chi connectivity index (χ0v) is 13.3. The highest BCUT2D eigenvalue weighted by atomic mass is 16.8. The summed E-state index contributed by atoms with van der Waals surface area (Å²) >= 11 is 0. The van der Waals surface area contributed by atoms with Crippen molar-refractivity contribution in [3.05, 3.63) is 0 Å². The molecular weight excluding hydrogens is 240 g/mol. The van der Waals surface area contributed by atoms with Crippen LogP contribution in [0.15, 0.2) is 0 Å². The first-order valence-corrected chi connectivity index (χ1v) is 7.60. The van der Waals surface area contributed by atoms with Crippen molar-refractivity contribution in [1.29, 1.82) is 0 Å². The van der Waals surface area contributed by atoms with Gasteiger partial charge >= 0.3 is 0 Å². The lowest BCUT2D eigenvalue weighted by Crippen LogP contribution is -2.29. The number of hydrogen-bond donors (Lipinski definition) is 1. The van der Waals surface area contributed by atoms with Gasteiger partial charge in [0, 0.05) is 12.5 Å². The summed E-state index contributed by atoms with van der Waals surface area (Å²) in [4.78, 5) is 0. The number of ether oxygens (including phenoxy) is 2. The first kappa shape index (κ1) is 15.3. The predicted octanol–water partition coefficient (Wildman–Crippen LogP) is 3.21. The molecule has 0 bridgehead atoms. The zero-order valence-electron chi connectivity index (χ0n) is 13.3. The van der Waals surface area contributed by atoms with E-state index in [1.165, 1.54) is 0 Å². The molecule has 1 aliphatic carbocycles. The molecule has 0 unspecified atom stereocenters. The van der Waals surface area contributed by atoms with E-state index in [0.29, 0.717) is 17.3 Å². The van der Waals surface area contributed by atoms with Crippen LogP contribution in [0, 0.1) is 23.2 Å². The summed E-state index contributed by atoms with van der Waals surface area (Å²) in [5, 5.41) is 9.56. The maximum Gasteiger partial charge on any atom is 0.163 e. The molecule has 0 spiro atoms. The zero-order chi connectivity index (χ0) is 14.4. The molecule has 3 nitrogen and oxygen atoms in total. The summed E-state index contributed by atoms with van der Waals surface area (Å²) in [6.45, 7) is 13.4. The molecule has 2 rings (SSSR count). The fraction of sp³-hybridized carbons (Fsp3) is 1.00. The molecule has 112 valence electrons. The van der Waals surface area contributed by atoms with Crippen LogP contribution >= 0.6 is 0 Å². The Balaban J connectivity index is 2.06. The second-order valence-electron chi connectivity index (χ2n) is 8.01. The van der Waals surface area contributed by atoms with Crippen LogP contribution in [0.1, 0.15) is 54.4 Å². The first-order chi connectivity index (χ1) is 8.64. The average molecular weight is 270 g/mol. The summed E-state index contributed by atoms with van der Waals surface area (Å²) in [6, 6.07) is 0. The number of aliphatic hydroxyl groups is 1. The Labute approximate surface area is 117 Å². The van der Waals surface area contributed by atoms with Gasteiger partial charge in [-0.25, -0.2) is 0 Å². The summed E-state index contributed by atoms with van der Waals surface area (Å²) in [5.74, 6) is 0.900. The third-order valence-electron chi connectivity index (χ3n) is 5.07.